The van der Waals surface area contributed by atoms with Gasteiger partial charge < -0.3 is 5.32 Å². The molecule has 1 heterocycles. The minimum Gasteiger partial charge on any atom is -0.379 e. The summed E-state index contributed by atoms with van der Waals surface area (Å²) in [5.74, 6) is -0.304. The molecule has 0 radical (unpaired) electrons. The molecule has 2 nitrogen and oxygen atoms in total. The number of carbonyl (C=O) groups is 1. The quantitative estimate of drug-likeness (QED) is 0.671. The Morgan fingerprint density at radius 1 is 1.14 bits per heavy atom. The van der Waals surface area contributed by atoms with Gasteiger partial charge in [0.25, 0.3) is 0 Å². The van der Waals surface area contributed by atoms with Crippen molar-refractivity contribution in [2.24, 2.45) is 0 Å². The van der Waals surface area contributed by atoms with E-state index < -0.39 is 0 Å². The van der Waals surface area contributed by atoms with E-state index in [2.05, 4.69) is 5.32 Å². The maximum atomic E-state index is 14.1. The molecular formula is C19H18FNO. The molecular weight excluding hydrogens is 277 g/mol. The molecule has 0 spiro atoms. The van der Waals surface area contributed by atoms with Crippen LogP contribution in [0, 0.1) is 5.82 Å². The van der Waals surface area contributed by atoms with Gasteiger partial charge in [-0.15, -0.1) is 0 Å². The number of benzene rings is 2. The lowest BCUT2D eigenvalue weighted by Gasteiger charge is -2.35. The summed E-state index contributed by atoms with van der Waals surface area (Å²) in [7, 11) is 0. The molecule has 3 heteroatoms. The highest BCUT2D eigenvalue weighted by molar-refractivity contribution is 6.08. The molecule has 1 aliphatic heterocycles. The summed E-state index contributed by atoms with van der Waals surface area (Å²) in [6, 6.07) is 14.1. The Kier molecular flexibility index (Phi) is 3.57. The highest BCUT2D eigenvalue weighted by Crippen LogP contribution is 2.31. The molecule has 0 saturated carbocycles. The minimum absolute atomic E-state index is 0.0870. The third-order valence-electron chi connectivity index (χ3n) is 3.83. The molecule has 112 valence electrons. The molecule has 22 heavy (non-hydrogen) atoms. The topological polar surface area (TPSA) is 29.1 Å². The van der Waals surface area contributed by atoms with E-state index >= 15 is 0 Å². The normalized spacial score (nSPS) is 17.7. The molecule has 0 aromatic heterocycles. The monoisotopic (exact) mass is 295 g/mol. The molecule has 1 aliphatic rings. The van der Waals surface area contributed by atoms with E-state index in [0.29, 0.717) is 23.2 Å². The SMILES string of the molecule is CC1(C)Cc2c(F)cccc2/C(=C/C(=O)c2ccccc2)N1. The Hall–Kier alpha value is -2.42. The zero-order chi connectivity index (χ0) is 15.7. The first-order valence-electron chi connectivity index (χ1n) is 7.33. The van der Waals surface area contributed by atoms with Crippen molar-refractivity contribution in [3.8, 4) is 0 Å². The number of rotatable bonds is 2. The smallest absolute Gasteiger partial charge is 0.187 e. The van der Waals surface area contributed by atoms with Crippen molar-refractivity contribution in [1.82, 2.24) is 5.32 Å². The van der Waals surface area contributed by atoms with Gasteiger partial charge in [0.2, 0.25) is 0 Å². The molecule has 0 amide bonds. The summed E-state index contributed by atoms with van der Waals surface area (Å²) in [4.78, 5) is 12.4. The van der Waals surface area contributed by atoms with Crippen molar-refractivity contribution in [3.05, 3.63) is 77.1 Å². The van der Waals surface area contributed by atoms with E-state index in [4.69, 9.17) is 0 Å². The third kappa shape index (κ3) is 2.80. The number of hydrogen-bond acceptors (Lipinski definition) is 2. The lowest BCUT2D eigenvalue weighted by molar-refractivity contribution is 0.104. The average molecular weight is 295 g/mol. The number of carbonyl (C=O) groups excluding carboxylic acids is 1. The third-order valence-corrected chi connectivity index (χ3v) is 3.83. The van der Waals surface area contributed by atoms with Gasteiger partial charge in [-0.1, -0.05) is 42.5 Å². The fourth-order valence-electron chi connectivity index (χ4n) is 2.84. The summed E-state index contributed by atoms with van der Waals surface area (Å²) < 4.78 is 14.1. The fraction of sp³-hybridized carbons (Fsp3) is 0.211. The minimum atomic E-state index is -0.294. The molecule has 0 unspecified atom stereocenters. The summed E-state index contributed by atoms with van der Waals surface area (Å²) in [5.41, 5.74) is 2.44. The second-order valence-electron chi connectivity index (χ2n) is 6.24. The van der Waals surface area contributed by atoms with Gasteiger partial charge in [-0.05, 0) is 31.9 Å². The summed E-state index contributed by atoms with van der Waals surface area (Å²) in [6.45, 7) is 4.01. The van der Waals surface area contributed by atoms with E-state index in [1.807, 2.05) is 38.1 Å². The standard InChI is InChI=1S/C19H18FNO/c1-19(2)12-15-14(9-6-10-16(15)20)17(21-19)11-18(22)13-7-4-3-5-8-13/h3-11,21H,12H2,1-2H3/b17-11-. The van der Waals surface area contributed by atoms with E-state index in [9.17, 15) is 9.18 Å². The van der Waals surface area contributed by atoms with Crippen molar-refractivity contribution >= 4 is 11.5 Å². The van der Waals surface area contributed by atoms with Gasteiger partial charge in [-0.25, -0.2) is 4.39 Å². The van der Waals surface area contributed by atoms with E-state index in [0.717, 1.165) is 5.56 Å². The number of allylic oxidation sites excluding steroid dienone is 1. The number of nitrogens with one attached hydrogen (secondary N) is 1. The molecule has 2 aromatic carbocycles. The van der Waals surface area contributed by atoms with Gasteiger partial charge in [0.1, 0.15) is 5.82 Å². The van der Waals surface area contributed by atoms with Crippen molar-refractivity contribution < 1.29 is 9.18 Å². The zero-order valence-corrected chi connectivity index (χ0v) is 12.7. The first kappa shape index (κ1) is 14.5. The van der Waals surface area contributed by atoms with Crippen molar-refractivity contribution in [1.29, 1.82) is 0 Å². The van der Waals surface area contributed by atoms with Crippen molar-refractivity contribution in [2.75, 3.05) is 0 Å². The maximum absolute atomic E-state index is 14.1. The predicted molar refractivity (Wildman–Crippen MR) is 86.1 cm³/mol. The molecule has 0 atom stereocenters. The first-order valence-corrected chi connectivity index (χ1v) is 7.33. The van der Waals surface area contributed by atoms with Gasteiger partial charge in [0.05, 0.1) is 0 Å². The number of fused-ring (bicyclic) bond motifs is 1. The van der Waals surface area contributed by atoms with Crippen LogP contribution in [0.3, 0.4) is 0 Å². The van der Waals surface area contributed by atoms with Crippen LogP contribution in [0.15, 0.2) is 54.6 Å². The van der Waals surface area contributed by atoms with Crippen LogP contribution in [-0.2, 0) is 6.42 Å². The lowest BCUT2D eigenvalue weighted by atomic mass is 9.85. The fourth-order valence-corrected chi connectivity index (χ4v) is 2.84. The second kappa shape index (κ2) is 5.41. The molecule has 0 saturated heterocycles. The van der Waals surface area contributed by atoms with Crippen LogP contribution in [0.25, 0.3) is 5.70 Å². The van der Waals surface area contributed by atoms with Gasteiger partial charge >= 0.3 is 0 Å². The van der Waals surface area contributed by atoms with Crippen LogP contribution in [0.4, 0.5) is 4.39 Å². The molecule has 3 rings (SSSR count). The van der Waals surface area contributed by atoms with Gasteiger partial charge in [0, 0.05) is 28.4 Å². The van der Waals surface area contributed by atoms with Gasteiger partial charge in [-0.2, -0.15) is 0 Å². The largest absolute Gasteiger partial charge is 0.379 e. The molecule has 0 aliphatic carbocycles. The lowest BCUT2D eigenvalue weighted by Crippen LogP contribution is -2.44. The summed E-state index contributed by atoms with van der Waals surface area (Å²) >= 11 is 0. The Labute approximate surface area is 129 Å². The average Bonchev–Trinajstić information content (AvgIpc) is 2.48. The second-order valence-corrected chi connectivity index (χ2v) is 6.24. The van der Waals surface area contributed by atoms with Gasteiger partial charge in [-0.3, -0.25) is 4.79 Å². The Morgan fingerprint density at radius 2 is 1.86 bits per heavy atom. The number of ketones is 1. The Bertz CT molecular complexity index is 747. The van der Waals surface area contributed by atoms with Crippen molar-refractivity contribution in [2.45, 2.75) is 25.8 Å². The van der Waals surface area contributed by atoms with E-state index in [-0.39, 0.29) is 17.1 Å². The molecule has 1 N–H and O–H groups in total. The Morgan fingerprint density at radius 3 is 2.59 bits per heavy atom. The first-order chi connectivity index (χ1) is 10.5. The van der Waals surface area contributed by atoms with Crippen LogP contribution in [0.2, 0.25) is 0 Å². The van der Waals surface area contributed by atoms with Crippen LogP contribution in [0.1, 0.15) is 35.3 Å². The predicted octanol–water partition coefficient (Wildman–Crippen LogP) is 3.97. The highest BCUT2D eigenvalue weighted by Gasteiger charge is 2.29. The highest BCUT2D eigenvalue weighted by atomic mass is 19.1. The van der Waals surface area contributed by atoms with Gasteiger partial charge in [0.15, 0.2) is 5.78 Å². The number of hydrogen-bond donors (Lipinski definition) is 1. The van der Waals surface area contributed by atoms with E-state index in [1.54, 1.807) is 24.3 Å². The van der Waals surface area contributed by atoms with Crippen molar-refractivity contribution in [3.63, 3.8) is 0 Å². The van der Waals surface area contributed by atoms with Crippen LogP contribution < -0.4 is 5.32 Å². The number of halogens is 1. The zero-order valence-electron chi connectivity index (χ0n) is 12.7. The Balaban J connectivity index is 2.06. The van der Waals surface area contributed by atoms with Crippen LogP contribution in [-0.4, -0.2) is 11.3 Å². The molecule has 2 aromatic rings. The van der Waals surface area contributed by atoms with Crippen LogP contribution in [0.5, 0.6) is 0 Å². The summed E-state index contributed by atoms with van der Waals surface area (Å²) in [5, 5.41) is 3.35. The van der Waals surface area contributed by atoms with E-state index in [1.165, 1.54) is 6.07 Å². The molecule has 0 fully saturated rings. The maximum Gasteiger partial charge on any atom is 0.187 e. The van der Waals surface area contributed by atoms with Crippen LogP contribution >= 0.6 is 0 Å². The molecule has 0 bridgehead atoms. The summed E-state index contributed by atoms with van der Waals surface area (Å²) in [6.07, 6.45) is 2.15.